The first kappa shape index (κ1) is 16.2. The molecule has 1 aliphatic rings. The van der Waals surface area contributed by atoms with Crippen molar-refractivity contribution in [2.45, 2.75) is 13.0 Å². The van der Waals surface area contributed by atoms with Crippen molar-refractivity contribution in [3.05, 3.63) is 64.5 Å². The molecule has 1 aromatic carbocycles. The van der Waals surface area contributed by atoms with Gasteiger partial charge in [0, 0.05) is 42.1 Å². The summed E-state index contributed by atoms with van der Waals surface area (Å²) < 4.78 is 15.0. The van der Waals surface area contributed by atoms with Gasteiger partial charge in [-0.1, -0.05) is 12.1 Å². The van der Waals surface area contributed by atoms with Gasteiger partial charge in [0.15, 0.2) is 0 Å². The van der Waals surface area contributed by atoms with Gasteiger partial charge in [-0.25, -0.2) is 4.39 Å². The number of benzene rings is 1. The van der Waals surface area contributed by atoms with Crippen molar-refractivity contribution in [1.29, 1.82) is 0 Å². The molecule has 1 N–H and O–H groups in total. The van der Waals surface area contributed by atoms with Crippen molar-refractivity contribution in [1.82, 2.24) is 15.2 Å². The Labute approximate surface area is 149 Å². The first-order valence-corrected chi connectivity index (χ1v) is 9.07. The highest BCUT2D eigenvalue weighted by atomic mass is 32.1. The van der Waals surface area contributed by atoms with Gasteiger partial charge in [0.25, 0.3) is 5.91 Å². The number of aryl methyl sites for hydroxylation is 1. The molecule has 128 valence electrons. The summed E-state index contributed by atoms with van der Waals surface area (Å²) in [4.78, 5) is 19.9. The molecule has 0 aliphatic carbocycles. The van der Waals surface area contributed by atoms with Crippen LogP contribution < -0.4 is 5.32 Å². The molecule has 0 radical (unpaired) electrons. The summed E-state index contributed by atoms with van der Waals surface area (Å²) in [5.74, 6) is -0.303. The SMILES string of the molecule is Cc1c(C(=O)N2CCNCC2c2cccnc2)sc2cccc(F)c12. The van der Waals surface area contributed by atoms with Crippen molar-refractivity contribution < 1.29 is 9.18 Å². The lowest BCUT2D eigenvalue weighted by Gasteiger charge is -2.36. The Hall–Kier alpha value is -2.31. The van der Waals surface area contributed by atoms with Crippen LogP contribution in [-0.4, -0.2) is 35.4 Å². The summed E-state index contributed by atoms with van der Waals surface area (Å²) in [6.45, 7) is 3.89. The van der Waals surface area contributed by atoms with E-state index >= 15 is 0 Å². The number of pyridine rings is 1. The summed E-state index contributed by atoms with van der Waals surface area (Å²) in [5.41, 5.74) is 1.74. The number of hydrogen-bond acceptors (Lipinski definition) is 4. The van der Waals surface area contributed by atoms with E-state index in [-0.39, 0.29) is 17.8 Å². The number of carbonyl (C=O) groups is 1. The maximum atomic E-state index is 14.2. The highest BCUT2D eigenvalue weighted by Gasteiger charge is 2.31. The van der Waals surface area contributed by atoms with Crippen molar-refractivity contribution in [2.75, 3.05) is 19.6 Å². The van der Waals surface area contributed by atoms with Crippen molar-refractivity contribution in [3.63, 3.8) is 0 Å². The molecule has 1 unspecified atom stereocenters. The Morgan fingerprint density at radius 2 is 2.24 bits per heavy atom. The maximum absolute atomic E-state index is 14.2. The molecule has 0 spiro atoms. The summed E-state index contributed by atoms with van der Waals surface area (Å²) in [6, 6.07) is 8.80. The van der Waals surface area contributed by atoms with Crippen LogP contribution >= 0.6 is 11.3 Å². The molecule has 4 rings (SSSR count). The summed E-state index contributed by atoms with van der Waals surface area (Å²) in [6.07, 6.45) is 3.53. The zero-order valence-electron chi connectivity index (χ0n) is 13.8. The van der Waals surface area contributed by atoms with Crippen LogP contribution in [0.2, 0.25) is 0 Å². The van der Waals surface area contributed by atoms with Gasteiger partial charge in [-0.3, -0.25) is 9.78 Å². The van der Waals surface area contributed by atoms with Gasteiger partial charge in [0.1, 0.15) is 5.82 Å². The van der Waals surface area contributed by atoms with Crippen LogP contribution in [0.5, 0.6) is 0 Å². The van der Waals surface area contributed by atoms with Crippen LogP contribution in [0, 0.1) is 12.7 Å². The minimum Gasteiger partial charge on any atom is -0.328 e. The van der Waals surface area contributed by atoms with Gasteiger partial charge in [-0.2, -0.15) is 0 Å². The van der Waals surface area contributed by atoms with Crippen LogP contribution in [-0.2, 0) is 0 Å². The van der Waals surface area contributed by atoms with E-state index in [1.807, 2.05) is 30.0 Å². The number of carbonyl (C=O) groups excluding carboxylic acids is 1. The quantitative estimate of drug-likeness (QED) is 0.765. The van der Waals surface area contributed by atoms with E-state index in [2.05, 4.69) is 10.3 Å². The Balaban J connectivity index is 1.74. The average molecular weight is 355 g/mol. The van der Waals surface area contributed by atoms with Gasteiger partial charge in [0.05, 0.1) is 10.9 Å². The molecule has 3 aromatic rings. The number of piperazine rings is 1. The number of nitrogens with zero attached hydrogens (tertiary/aromatic N) is 2. The second kappa shape index (κ2) is 6.54. The Kier molecular flexibility index (Phi) is 4.23. The van der Waals surface area contributed by atoms with Gasteiger partial charge in [-0.05, 0) is 36.2 Å². The van der Waals surface area contributed by atoms with E-state index in [1.165, 1.54) is 17.4 Å². The minimum atomic E-state index is -0.269. The highest BCUT2D eigenvalue weighted by Crippen LogP contribution is 2.35. The molecule has 1 saturated heterocycles. The highest BCUT2D eigenvalue weighted by molar-refractivity contribution is 7.21. The molecule has 0 bridgehead atoms. The first-order chi connectivity index (χ1) is 12.2. The molecule has 4 nitrogen and oxygen atoms in total. The molecule has 1 amide bonds. The monoisotopic (exact) mass is 355 g/mol. The smallest absolute Gasteiger partial charge is 0.264 e. The maximum Gasteiger partial charge on any atom is 0.264 e. The van der Waals surface area contributed by atoms with Gasteiger partial charge in [0.2, 0.25) is 0 Å². The summed E-state index contributed by atoms with van der Waals surface area (Å²) >= 11 is 1.37. The first-order valence-electron chi connectivity index (χ1n) is 8.26. The summed E-state index contributed by atoms with van der Waals surface area (Å²) in [5, 5.41) is 3.90. The van der Waals surface area contributed by atoms with E-state index in [4.69, 9.17) is 0 Å². The fourth-order valence-electron chi connectivity index (χ4n) is 3.41. The fourth-order valence-corrected chi connectivity index (χ4v) is 4.59. The molecule has 1 aliphatic heterocycles. The number of halogens is 1. The number of fused-ring (bicyclic) bond motifs is 1. The fraction of sp³-hybridized carbons (Fsp3) is 0.263. The second-order valence-electron chi connectivity index (χ2n) is 6.17. The van der Waals surface area contributed by atoms with E-state index in [9.17, 15) is 9.18 Å². The van der Waals surface area contributed by atoms with Gasteiger partial charge < -0.3 is 10.2 Å². The molecule has 2 aromatic heterocycles. The van der Waals surface area contributed by atoms with Crippen LogP contribution in [0.25, 0.3) is 10.1 Å². The molecule has 6 heteroatoms. The Morgan fingerprint density at radius 1 is 1.36 bits per heavy atom. The third-order valence-electron chi connectivity index (χ3n) is 4.67. The molecular weight excluding hydrogens is 337 g/mol. The molecule has 3 heterocycles. The predicted molar refractivity (Wildman–Crippen MR) is 97.4 cm³/mol. The molecule has 1 atom stereocenters. The average Bonchev–Trinajstić information content (AvgIpc) is 3.00. The zero-order valence-corrected chi connectivity index (χ0v) is 14.6. The Bertz CT molecular complexity index is 925. The third-order valence-corrected chi connectivity index (χ3v) is 5.92. The molecule has 25 heavy (non-hydrogen) atoms. The number of aromatic nitrogens is 1. The van der Waals surface area contributed by atoms with E-state index in [0.29, 0.717) is 23.4 Å². The largest absolute Gasteiger partial charge is 0.328 e. The lowest BCUT2D eigenvalue weighted by Crippen LogP contribution is -2.48. The molecule has 1 fully saturated rings. The van der Waals surface area contributed by atoms with E-state index in [1.54, 1.807) is 18.5 Å². The number of amides is 1. The molecular formula is C19H18FN3OS. The minimum absolute atomic E-state index is 0.0338. The number of hydrogen-bond donors (Lipinski definition) is 1. The number of rotatable bonds is 2. The lowest BCUT2D eigenvalue weighted by molar-refractivity contribution is 0.0638. The second-order valence-corrected chi connectivity index (χ2v) is 7.23. The van der Waals surface area contributed by atoms with Crippen molar-refractivity contribution in [3.8, 4) is 0 Å². The number of nitrogens with one attached hydrogen (secondary N) is 1. The van der Waals surface area contributed by atoms with E-state index < -0.39 is 0 Å². The normalized spacial score (nSPS) is 17.8. The van der Waals surface area contributed by atoms with Crippen LogP contribution in [0.4, 0.5) is 4.39 Å². The third kappa shape index (κ3) is 2.81. The number of thiophene rings is 1. The Morgan fingerprint density at radius 3 is 3.00 bits per heavy atom. The van der Waals surface area contributed by atoms with Crippen molar-refractivity contribution in [2.24, 2.45) is 0 Å². The summed E-state index contributed by atoms with van der Waals surface area (Å²) in [7, 11) is 0. The predicted octanol–water partition coefficient (Wildman–Crippen LogP) is 3.53. The lowest BCUT2D eigenvalue weighted by atomic mass is 10.0. The van der Waals surface area contributed by atoms with Gasteiger partial charge >= 0.3 is 0 Å². The standard InChI is InChI=1S/C19H18FN3OS/c1-12-17-14(20)5-2-6-16(17)25-18(12)19(24)23-9-8-22-11-15(23)13-4-3-7-21-10-13/h2-7,10,15,22H,8-9,11H2,1H3. The topological polar surface area (TPSA) is 45.2 Å². The van der Waals surface area contributed by atoms with Crippen molar-refractivity contribution >= 4 is 27.3 Å². The van der Waals surface area contributed by atoms with Crippen LogP contribution in [0.1, 0.15) is 26.8 Å². The van der Waals surface area contributed by atoms with Gasteiger partial charge in [-0.15, -0.1) is 11.3 Å². The zero-order chi connectivity index (χ0) is 17.4. The van der Waals surface area contributed by atoms with Crippen LogP contribution in [0.15, 0.2) is 42.7 Å². The van der Waals surface area contributed by atoms with Crippen LogP contribution in [0.3, 0.4) is 0 Å². The van der Waals surface area contributed by atoms with E-state index in [0.717, 1.165) is 22.4 Å². The molecule has 0 saturated carbocycles.